The summed E-state index contributed by atoms with van der Waals surface area (Å²) in [5.74, 6) is -0.485. The summed E-state index contributed by atoms with van der Waals surface area (Å²) in [5.41, 5.74) is 0. The molecule has 0 fully saturated rings. The number of carbonyl (C=O) groups is 4. The minimum absolute atomic E-state index is 0.107. The first-order valence-corrected chi connectivity index (χ1v) is 45.5. The summed E-state index contributed by atoms with van der Waals surface area (Å²) in [6.07, 6.45) is 63.8. The zero-order valence-corrected chi connectivity index (χ0v) is 68.0. The number of hydrogen-bond donors (Lipinski definition) is 3. The molecule has 101 heavy (non-hydrogen) atoms. The van der Waals surface area contributed by atoms with Crippen LogP contribution < -0.4 is 0 Å². The molecule has 0 aliphatic rings. The number of phosphoric acid groups is 2. The Labute approximate surface area is 619 Å². The van der Waals surface area contributed by atoms with Crippen LogP contribution in [0.5, 0.6) is 0 Å². The van der Waals surface area contributed by atoms with Crippen molar-refractivity contribution in [2.45, 2.75) is 452 Å². The van der Waals surface area contributed by atoms with E-state index in [2.05, 4.69) is 41.5 Å². The molecule has 0 aromatic carbocycles. The fraction of sp³-hybridized carbons (Fsp3) is 0.951. The van der Waals surface area contributed by atoms with Crippen LogP contribution in [0.2, 0.25) is 0 Å². The number of hydrogen-bond acceptors (Lipinski definition) is 15. The van der Waals surface area contributed by atoms with E-state index in [1.54, 1.807) is 0 Å². The van der Waals surface area contributed by atoms with Crippen molar-refractivity contribution in [3.8, 4) is 0 Å². The van der Waals surface area contributed by atoms with Gasteiger partial charge in [-0.1, -0.05) is 382 Å². The maximum Gasteiger partial charge on any atom is 0.472 e. The molecule has 17 nitrogen and oxygen atoms in total. The zero-order chi connectivity index (χ0) is 74.2. The molecular weight excluding hydrogens is 1320 g/mol. The van der Waals surface area contributed by atoms with Gasteiger partial charge in [-0.05, 0) is 37.5 Å². The Kier molecular flexibility index (Phi) is 72.2. The van der Waals surface area contributed by atoms with E-state index in [0.717, 1.165) is 102 Å². The Bertz CT molecular complexity index is 1940. The van der Waals surface area contributed by atoms with Crippen LogP contribution in [0.15, 0.2) is 0 Å². The Balaban J connectivity index is 5.21. The number of esters is 4. The van der Waals surface area contributed by atoms with Crippen LogP contribution in [0.1, 0.15) is 433 Å². The lowest BCUT2D eigenvalue weighted by Gasteiger charge is -2.21. The molecule has 0 aliphatic heterocycles. The molecule has 0 aromatic heterocycles. The van der Waals surface area contributed by atoms with Crippen molar-refractivity contribution in [1.82, 2.24) is 0 Å². The fourth-order valence-corrected chi connectivity index (χ4v) is 14.3. The third-order valence-electron chi connectivity index (χ3n) is 19.6. The predicted octanol–water partition coefficient (Wildman–Crippen LogP) is 24.7. The van der Waals surface area contributed by atoms with E-state index in [1.165, 1.54) is 250 Å². The van der Waals surface area contributed by atoms with E-state index >= 15 is 0 Å². The normalized spacial score (nSPS) is 14.2. The molecule has 0 heterocycles. The van der Waals surface area contributed by atoms with Gasteiger partial charge in [0.05, 0.1) is 26.4 Å². The first kappa shape index (κ1) is 99.1. The number of aliphatic hydroxyl groups is 1. The van der Waals surface area contributed by atoms with Crippen molar-refractivity contribution >= 4 is 39.5 Å². The summed E-state index contributed by atoms with van der Waals surface area (Å²) in [5, 5.41) is 10.6. The van der Waals surface area contributed by atoms with Crippen molar-refractivity contribution in [3.63, 3.8) is 0 Å². The Morgan fingerprint density at radius 2 is 0.505 bits per heavy atom. The molecule has 3 unspecified atom stereocenters. The lowest BCUT2D eigenvalue weighted by Crippen LogP contribution is -2.30. The smallest absolute Gasteiger partial charge is 0.462 e. The van der Waals surface area contributed by atoms with Gasteiger partial charge >= 0.3 is 39.5 Å². The van der Waals surface area contributed by atoms with Crippen LogP contribution in [0.25, 0.3) is 0 Å². The number of phosphoric ester groups is 2. The minimum Gasteiger partial charge on any atom is -0.462 e. The average molecular weight is 1480 g/mol. The van der Waals surface area contributed by atoms with E-state index in [0.29, 0.717) is 25.7 Å². The van der Waals surface area contributed by atoms with E-state index < -0.39 is 97.5 Å². The molecule has 0 aromatic rings. The first-order valence-electron chi connectivity index (χ1n) is 42.5. The predicted molar refractivity (Wildman–Crippen MR) is 414 cm³/mol. The SMILES string of the molecule is CCCCCCCCCCCCCCCCCCCC(=O)OC[C@H](COP(=O)(O)OC[C@@H](O)COP(=O)(O)OC[C@@H](COC(=O)CCCCCCCCCCC)OC(=O)CCCCCCCCCCCCC(C)CC)OC(=O)CCCCCCCCCCCCCCCCCCCCC(C)C. The molecule has 0 amide bonds. The molecule has 0 saturated carbocycles. The van der Waals surface area contributed by atoms with Gasteiger partial charge in [-0.15, -0.1) is 0 Å². The molecule has 600 valence electrons. The molecule has 0 spiro atoms. The second-order valence-electron chi connectivity index (χ2n) is 30.2. The lowest BCUT2D eigenvalue weighted by molar-refractivity contribution is -0.161. The van der Waals surface area contributed by atoms with Gasteiger partial charge in [0.25, 0.3) is 0 Å². The third-order valence-corrected chi connectivity index (χ3v) is 21.5. The van der Waals surface area contributed by atoms with Crippen molar-refractivity contribution < 1.29 is 80.2 Å². The quantitative estimate of drug-likeness (QED) is 0.0222. The molecule has 0 saturated heterocycles. The highest BCUT2D eigenvalue weighted by Gasteiger charge is 2.30. The van der Waals surface area contributed by atoms with Crippen LogP contribution in [0.4, 0.5) is 0 Å². The maximum absolute atomic E-state index is 13.1. The number of aliphatic hydroxyl groups excluding tert-OH is 1. The highest BCUT2D eigenvalue weighted by molar-refractivity contribution is 7.47. The van der Waals surface area contributed by atoms with Gasteiger partial charge in [-0.3, -0.25) is 37.3 Å². The summed E-state index contributed by atoms with van der Waals surface area (Å²) in [4.78, 5) is 73.0. The molecule has 0 rings (SSSR count). The molecule has 6 atom stereocenters. The van der Waals surface area contributed by atoms with Gasteiger partial charge < -0.3 is 33.8 Å². The van der Waals surface area contributed by atoms with Gasteiger partial charge in [-0.25, -0.2) is 9.13 Å². The van der Waals surface area contributed by atoms with Crippen LogP contribution in [-0.4, -0.2) is 96.7 Å². The summed E-state index contributed by atoms with van der Waals surface area (Å²) in [6.45, 7) is 9.69. The van der Waals surface area contributed by atoms with Gasteiger partial charge in [-0.2, -0.15) is 0 Å². The Morgan fingerprint density at radius 3 is 0.752 bits per heavy atom. The lowest BCUT2D eigenvalue weighted by atomic mass is 9.99. The van der Waals surface area contributed by atoms with Crippen LogP contribution >= 0.6 is 15.6 Å². The van der Waals surface area contributed by atoms with Crippen LogP contribution in [-0.2, 0) is 65.4 Å². The number of carbonyl (C=O) groups excluding carboxylic acids is 4. The minimum atomic E-state index is -4.96. The Hall–Kier alpha value is -1.94. The summed E-state index contributed by atoms with van der Waals surface area (Å²) >= 11 is 0. The summed E-state index contributed by atoms with van der Waals surface area (Å²) < 4.78 is 68.7. The molecule has 19 heteroatoms. The van der Waals surface area contributed by atoms with Gasteiger partial charge in [0.2, 0.25) is 0 Å². The van der Waals surface area contributed by atoms with Crippen LogP contribution in [0.3, 0.4) is 0 Å². The zero-order valence-electron chi connectivity index (χ0n) is 66.2. The van der Waals surface area contributed by atoms with E-state index in [1.807, 2.05) is 0 Å². The van der Waals surface area contributed by atoms with E-state index in [-0.39, 0.29) is 25.7 Å². The van der Waals surface area contributed by atoms with Gasteiger partial charge in [0, 0.05) is 25.7 Å². The second kappa shape index (κ2) is 73.6. The fourth-order valence-electron chi connectivity index (χ4n) is 12.7. The largest absolute Gasteiger partial charge is 0.472 e. The average Bonchev–Trinajstić information content (AvgIpc) is 0.953. The number of unbranched alkanes of at least 4 members (excludes halogenated alkanes) is 50. The molecule has 0 bridgehead atoms. The molecule has 0 radical (unpaired) electrons. The van der Waals surface area contributed by atoms with Crippen LogP contribution in [0, 0.1) is 11.8 Å². The summed E-state index contributed by atoms with van der Waals surface area (Å²) in [6, 6.07) is 0. The van der Waals surface area contributed by atoms with Gasteiger partial charge in [0.1, 0.15) is 19.3 Å². The van der Waals surface area contributed by atoms with Crippen molar-refractivity contribution in [1.29, 1.82) is 0 Å². The molecule has 3 N–H and O–H groups in total. The Morgan fingerprint density at radius 1 is 0.287 bits per heavy atom. The van der Waals surface area contributed by atoms with Gasteiger partial charge in [0.15, 0.2) is 12.2 Å². The number of rotatable bonds is 81. The van der Waals surface area contributed by atoms with E-state index in [9.17, 15) is 43.2 Å². The highest BCUT2D eigenvalue weighted by atomic mass is 31.2. The third kappa shape index (κ3) is 74.7. The highest BCUT2D eigenvalue weighted by Crippen LogP contribution is 2.45. The monoisotopic (exact) mass is 1480 g/mol. The van der Waals surface area contributed by atoms with Crippen molar-refractivity contribution in [2.24, 2.45) is 11.8 Å². The first-order chi connectivity index (χ1) is 48.9. The molecule has 0 aliphatic carbocycles. The second-order valence-corrected chi connectivity index (χ2v) is 33.1. The topological polar surface area (TPSA) is 237 Å². The number of ether oxygens (including phenoxy) is 4. The summed E-state index contributed by atoms with van der Waals surface area (Å²) in [7, 11) is -9.92. The van der Waals surface area contributed by atoms with Crippen molar-refractivity contribution in [3.05, 3.63) is 0 Å². The molecular formula is C82H160O17P2. The standard InChI is InChI=1S/C82H160O17P2/c1-7-10-12-14-16-18-19-20-21-24-28-31-34-41-47-53-59-65-80(85)93-71-78(98-81(86)66-60-54-48-42-35-32-29-26-23-22-25-27-30-33-39-44-50-56-62-74(4)5)73-97-101(90,91)95-69-76(83)68-94-100(88,89)96-72-77(70-92-79(84)64-58-52-46-38-17-15-13-11-8-2)99-82(87)67-61-55-49-43-37-36-40-45-51-57-63-75(6)9-3/h74-78,83H,7-73H2,1-6H3,(H,88,89)(H,90,91)/t75?,76-,77+,78+/m0/s1. The maximum atomic E-state index is 13.1. The van der Waals surface area contributed by atoms with E-state index in [4.69, 9.17) is 37.0 Å². The van der Waals surface area contributed by atoms with Crippen molar-refractivity contribution in [2.75, 3.05) is 39.6 Å².